The van der Waals surface area contributed by atoms with Gasteiger partial charge < -0.3 is 10.6 Å². The van der Waals surface area contributed by atoms with E-state index in [9.17, 15) is 9.18 Å². The van der Waals surface area contributed by atoms with Gasteiger partial charge in [-0.3, -0.25) is 0 Å². The van der Waals surface area contributed by atoms with Crippen molar-refractivity contribution in [1.82, 2.24) is 0 Å². The molecule has 3 nitrogen and oxygen atoms in total. The molecule has 2 N–H and O–H groups in total. The third-order valence-electron chi connectivity index (χ3n) is 2.56. The van der Waals surface area contributed by atoms with Gasteiger partial charge in [0.05, 0.1) is 0 Å². The van der Waals surface area contributed by atoms with E-state index in [2.05, 4.69) is 10.6 Å². The molecule has 19 heavy (non-hydrogen) atoms. The summed E-state index contributed by atoms with van der Waals surface area (Å²) in [6, 6.07) is 11.1. The first-order valence-electron chi connectivity index (χ1n) is 5.95. The van der Waals surface area contributed by atoms with E-state index in [1.165, 1.54) is 12.1 Å². The van der Waals surface area contributed by atoms with Crippen LogP contribution in [0, 0.1) is 19.7 Å². The highest BCUT2D eigenvalue weighted by Crippen LogP contribution is 2.15. The fourth-order valence-electron chi connectivity index (χ4n) is 1.91. The molecule has 0 aliphatic rings. The van der Waals surface area contributed by atoms with E-state index in [1.54, 1.807) is 12.1 Å². The largest absolute Gasteiger partial charge is 0.323 e. The Kier molecular flexibility index (Phi) is 3.80. The number of carbonyl (C=O) groups excluding carboxylic acids is 1. The maximum atomic E-state index is 13.0. The fraction of sp³-hybridized carbons (Fsp3) is 0.133. The Morgan fingerprint density at radius 1 is 0.947 bits per heavy atom. The Labute approximate surface area is 111 Å². The number of rotatable bonds is 2. The number of anilines is 2. The number of benzene rings is 2. The Morgan fingerprint density at radius 3 is 2.21 bits per heavy atom. The van der Waals surface area contributed by atoms with Crippen molar-refractivity contribution < 1.29 is 9.18 Å². The molecular formula is C15H15FN2O. The molecule has 0 bridgehead atoms. The number of hydrogen-bond acceptors (Lipinski definition) is 1. The molecule has 2 amide bonds. The summed E-state index contributed by atoms with van der Waals surface area (Å²) in [6.07, 6.45) is 0. The zero-order chi connectivity index (χ0) is 13.8. The van der Waals surface area contributed by atoms with E-state index < -0.39 is 6.03 Å². The van der Waals surface area contributed by atoms with E-state index in [4.69, 9.17) is 0 Å². The van der Waals surface area contributed by atoms with Crippen molar-refractivity contribution in [3.8, 4) is 0 Å². The van der Waals surface area contributed by atoms with Gasteiger partial charge >= 0.3 is 6.03 Å². The van der Waals surface area contributed by atoms with Crippen LogP contribution in [0.3, 0.4) is 0 Å². The van der Waals surface area contributed by atoms with Gasteiger partial charge in [-0.05, 0) is 55.3 Å². The van der Waals surface area contributed by atoms with E-state index in [0.29, 0.717) is 11.4 Å². The Hall–Kier alpha value is -2.36. The van der Waals surface area contributed by atoms with Crippen LogP contribution in [-0.4, -0.2) is 6.03 Å². The van der Waals surface area contributed by atoms with Gasteiger partial charge in [-0.25, -0.2) is 9.18 Å². The number of halogens is 1. The molecule has 4 heteroatoms. The van der Waals surface area contributed by atoms with Crippen molar-refractivity contribution >= 4 is 17.4 Å². The van der Waals surface area contributed by atoms with Crippen LogP contribution in [0.25, 0.3) is 0 Å². The number of amides is 2. The molecule has 0 aromatic heterocycles. The summed E-state index contributed by atoms with van der Waals surface area (Å²) >= 11 is 0. The lowest BCUT2D eigenvalue weighted by Gasteiger charge is -2.09. The number of carbonyl (C=O) groups is 1. The molecule has 0 saturated carbocycles. The van der Waals surface area contributed by atoms with Gasteiger partial charge in [-0.1, -0.05) is 12.1 Å². The number of hydrogen-bond donors (Lipinski definition) is 2. The lowest BCUT2D eigenvalue weighted by Crippen LogP contribution is -2.19. The monoisotopic (exact) mass is 258 g/mol. The van der Waals surface area contributed by atoms with Gasteiger partial charge in [0, 0.05) is 11.4 Å². The summed E-state index contributed by atoms with van der Waals surface area (Å²) in [7, 11) is 0. The van der Waals surface area contributed by atoms with Gasteiger partial charge in [0.1, 0.15) is 5.82 Å². The average molecular weight is 258 g/mol. The van der Waals surface area contributed by atoms with Crippen molar-refractivity contribution in [1.29, 1.82) is 0 Å². The highest BCUT2D eigenvalue weighted by atomic mass is 19.1. The maximum absolute atomic E-state index is 13.0. The number of aryl methyl sites for hydroxylation is 2. The van der Waals surface area contributed by atoms with E-state index in [-0.39, 0.29) is 5.82 Å². The minimum atomic E-state index is -0.393. The standard InChI is InChI=1S/C15H15FN2O/c1-10-6-11(2)8-14(7-10)18-15(19)17-13-5-3-4-12(16)9-13/h3-9H,1-2H3,(H2,17,18,19). The molecule has 0 heterocycles. The maximum Gasteiger partial charge on any atom is 0.323 e. The van der Waals surface area contributed by atoms with Crippen LogP contribution in [0.5, 0.6) is 0 Å². The second-order valence-electron chi connectivity index (χ2n) is 4.47. The van der Waals surface area contributed by atoms with Crippen LogP contribution >= 0.6 is 0 Å². The summed E-state index contributed by atoms with van der Waals surface area (Å²) in [5.41, 5.74) is 3.27. The van der Waals surface area contributed by atoms with Gasteiger partial charge in [0.2, 0.25) is 0 Å². The van der Waals surface area contributed by atoms with Gasteiger partial charge in [-0.2, -0.15) is 0 Å². The van der Waals surface area contributed by atoms with Crippen LogP contribution in [0.4, 0.5) is 20.6 Å². The SMILES string of the molecule is Cc1cc(C)cc(NC(=O)Nc2cccc(F)c2)c1. The molecule has 0 aliphatic heterocycles. The third kappa shape index (κ3) is 3.81. The minimum Gasteiger partial charge on any atom is -0.308 e. The summed E-state index contributed by atoms with van der Waals surface area (Å²) in [6.45, 7) is 3.92. The predicted octanol–water partition coefficient (Wildman–Crippen LogP) is 4.09. The summed E-state index contributed by atoms with van der Waals surface area (Å²) in [5.74, 6) is -0.385. The lowest BCUT2D eigenvalue weighted by molar-refractivity contribution is 0.262. The molecule has 0 spiro atoms. The van der Waals surface area contributed by atoms with Crippen molar-refractivity contribution in [3.05, 3.63) is 59.4 Å². The number of nitrogens with one attached hydrogen (secondary N) is 2. The molecule has 0 saturated heterocycles. The smallest absolute Gasteiger partial charge is 0.308 e. The van der Waals surface area contributed by atoms with Gasteiger partial charge in [0.15, 0.2) is 0 Å². The van der Waals surface area contributed by atoms with Crippen molar-refractivity contribution in [2.45, 2.75) is 13.8 Å². The van der Waals surface area contributed by atoms with Crippen LogP contribution in [0.2, 0.25) is 0 Å². The van der Waals surface area contributed by atoms with Gasteiger partial charge in [0.25, 0.3) is 0 Å². The first-order valence-corrected chi connectivity index (χ1v) is 5.95. The first kappa shape index (κ1) is 13.1. The second kappa shape index (κ2) is 5.52. The van der Waals surface area contributed by atoms with Crippen LogP contribution < -0.4 is 10.6 Å². The quantitative estimate of drug-likeness (QED) is 0.837. The lowest BCUT2D eigenvalue weighted by atomic mass is 10.1. The second-order valence-corrected chi connectivity index (χ2v) is 4.47. The van der Waals surface area contributed by atoms with Crippen molar-refractivity contribution in [3.63, 3.8) is 0 Å². The molecule has 2 aromatic carbocycles. The molecule has 2 aromatic rings. The van der Waals surface area contributed by atoms with Crippen LogP contribution in [0.15, 0.2) is 42.5 Å². The Bertz CT molecular complexity index is 591. The summed E-state index contributed by atoms with van der Waals surface area (Å²) < 4.78 is 13.0. The highest BCUT2D eigenvalue weighted by Gasteiger charge is 2.04. The molecule has 2 rings (SSSR count). The Balaban J connectivity index is 2.05. The van der Waals surface area contributed by atoms with Crippen molar-refractivity contribution in [2.75, 3.05) is 10.6 Å². The highest BCUT2D eigenvalue weighted by molar-refractivity contribution is 5.99. The minimum absolute atomic E-state index is 0.385. The molecule has 0 atom stereocenters. The summed E-state index contributed by atoms with van der Waals surface area (Å²) in [5, 5.41) is 5.30. The van der Waals surface area contributed by atoms with E-state index >= 15 is 0 Å². The average Bonchev–Trinajstić information content (AvgIpc) is 2.26. The topological polar surface area (TPSA) is 41.1 Å². The fourth-order valence-corrected chi connectivity index (χ4v) is 1.91. The van der Waals surface area contributed by atoms with E-state index in [0.717, 1.165) is 11.1 Å². The molecular weight excluding hydrogens is 243 g/mol. The predicted molar refractivity (Wildman–Crippen MR) is 75.0 cm³/mol. The zero-order valence-corrected chi connectivity index (χ0v) is 10.8. The van der Waals surface area contributed by atoms with Crippen LogP contribution in [-0.2, 0) is 0 Å². The van der Waals surface area contributed by atoms with Crippen LogP contribution in [0.1, 0.15) is 11.1 Å². The van der Waals surface area contributed by atoms with Gasteiger partial charge in [-0.15, -0.1) is 0 Å². The van der Waals surface area contributed by atoms with E-state index in [1.807, 2.05) is 32.0 Å². The molecule has 0 aliphatic carbocycles. The van der Waals surface area contributed by atoms with Crippen molar-refractivity contribution in [2.24, 2.45) is 0 Å². The summed E-state index contributed by atoms with van der Waals surface area (Å²) in [4.78, 5) is 11.8. The third-order valence-corrected chi connectivity index (χ3v) is 2.56. The molecule has 98 valence electrons. The molecule has 0 radical (unpaired) electrons. The molecule has 0 fully saturated rings. The first-order chi connectivity index (χ1) is 9.02. The normalized spacial score (nSPS) is 10.1. The Morgan fingerprint density at radius 2 is 1.58 bits per heavy atom. The molecule has 0 unspecified atom stereocenters. The number of urea groups is 1. The zero-order valence-electron chi connectivity index (χ0n) is 10.8.